The number of carbonyl (C=O) groups excluding carboxylic acids is 1. The molecule has 2 heterocycles. The molecule has 0 bridgehead atoms. The molecule has 5 heteroatoms. The Morgan fingerprint density at radius 1 is 1.27 bits per heavy atom. The van der Waals surface area contributed by atoms with Crippen LogP contribution in [0.4, 0.5) is 4.79 Å². The second-order valence-corrected chi connectivity index (χ2v) is 5.98. The number of ether oxygens (including phenoxy) is 3. The molecule has 1 fully saturated rings. The average Bonchev–Trinajstić information content (AvgIpc) is 2.55. The van der Waals surface area contributed by atoms with E-state index < -0.39 is 0 Å². The summed E-state index contributed by atoms with van der Waals surface area (Å²) >= 11 is 0. The molecule has 0 radical (unpaired) electrons. The molecule has 0 spiro atoms. The van der Waals surface area contributed by atoms with Crippen LogP contribution >= 0.6 is 0 Å². The van der Waals surface area contributed by atoms with Crippen molar-refractivity contribution in [1.82, 2.24) is 4.90 Å². The largest absolute Gasteiger partial charge is 0.446 e. The Balaban J connectivity index is 1.49. The lowest BCUT2D eigenvalue weighted by Gasteiger charge is -2.30. The van der Waals surface area contributed by atoms with Gasteiger partial charge in [-0.15, -0.1) is 0 Å². The zero-order valence-corrected chi connectivity index (χ0v) is 13.0. The van der Waals surface area contributed by atoms with Gasteiger partial charge in [0.05, 0.1) is 32.5 Å². The Morgan fingerprint density at radius 2 is 2.00 bits per heavy atom. The minimum atomic E-state index is -0.269. The first-order chi connectivity index (χ1) is 10.7. The van der Waals surface area contributed by atoms with Gasteiger partial charge in [-0.25, -0.2) is 4.79 Å². The predicted octanol–water partition coefficient (Wildman–Crippen LogP) is 2.38. The zero-order chi connectivity index (χ0) is 15.4. The molecule has 3 rings (SSSR count). The van der Waals surface area contributed by atoms with E-state index in [1.54, 1.807) is 11.9 Å². The maximum absolute atomic E-state index is 12.1. The van der Waals surface area contributed by atoms with Gasteiger partial charge in [-0.05, 0) is 11.1 Å². The average molecular weight is 305 g/mol. The fraction of sp³-hybridized carbons (Fsp3) is 0.588. The van der Waals surface area contributed by atoms with E-state index in [0.29, 0.717) is 26.4 Å². The minimum absolute atomic E-state index is 0.0169. The van der Waals surface area contributed by atoms with Crippen LogP contribution in [0.5, 0.6) is 0 Å². The third-order valence-electron chi connectivity index (χ3n) is 4.27. The highest BCUT2D eigenvalue weighted by molar-refractivity contribution is 5.67. The van der Waals surface area contributed by atoms with E-state index in [9.17, 15) is 4.79 Å². The van der Waals surface area contributed by atoms with Gasteiger partial charge >= 0.3 is 6.09 Å². The molecule has 1 aromatic rings. The number of hydrogen-bond donors (Lipinski definition) is 0. The fourth-order valence-corrected chi connectivity index (χ4v) is 2.93. The number of hydrogen-bond acceptors (Lipinski definition) is 4. The van der Waals surface area contributed by atoms with Crippen molar-refractivity contribution >= 4 is 6.09 Å². The number of amides is 1. The first-order valence-corrected chi connectivity index (χ1v) is 7.90. The van der Waals surface area contributed by atoms with Crippen molar-refractivity contribution in [1.29, 1.82) is 0 Å². The molecule has 1 saturated heterocycles. The van der Waals surface area contributed by atoms with E-state index in [1.807, 2.05) is 12.1 Å². The third-order valence-corrected chi connectivity index (χ3v) is 4.27. The summed E-state index contributed by atoms with van der Waals surface area (Å²) in [6.07, 6.45) is 2.15. The van der Waals surface area contributed by atoms with Gasteiger partial charge in [0.15, 0.2) is 0 Å². The molecule has 0 aliphatic carbocycles. The summed E-state index contributed by atoms with van der Waals surface area (Å²) in [5, 5.41) is 0. The van der Waals surface area contributed by atoms with E-state index in [2.05, 4.69) is 12.1 Å². The summed E-state index contributed by atoms with van der Waals surface area (Å²) in [5.74, 6) is 0. The van der Waals surface area contributed by atoms with E-state index in [0.717, 1.165) is 19.3 Å². The van der Waals surface area contributed by atoms with Gasteiger partial charge in [0, 0.05) is 26.3 Å². The summed E-state index contributed by atoms with van der Waals surface area (Å²) in [7, 11) is 1.77. The molecule has 1 amide bonds. The molecule has 0 aromatic heterocycles. The van der Waals surface area contributed by atoms with Gasteiger partial charge in [-0.2, -0.15) is 0 Å². The fourth-order valence-electron chi connectivity index (χ4n) is 2.93. The predicted molar refractivity (Wildman–Crippen MR) is 81.7 cm³/mol. The van der Waals surface area contributed by atoms with Crippen LogP contribution in [0.1, 0.15) is 24.0 Å². The maximum atomic E-state index is 12.1. The number of fused-ring (bicyclic) bond motifs is 1. The molecule has 1 atom stereocenters. The minimum Gasteiger partial charge on any atom is -0.446 e. The molecule has 120 valence electrons. The second-order valence-electron chi connectivity index (χ2n) is 5.98. The van der Waals surface area contributed by atoms with Crippen LogP contribution in [0, 0.1) is 0 Å². The summed E-state index contributed by atoms with van der Waals surface area (Å²) in [5.41, 5.74) is 2.55. The van der Waals surface area contributed by atoms with Crippen LogP contribution in [-0.4, -0.2) is 50.0 Å². The Kier molecular flexibility index (Phi) is 4.95. The van der Waals surface area contributed by atoms with Crippen molar-refractivity contribution in [3.05, 3.63) is 35.4 Å². The van der Waals surface area contributed by atoms with Crippen LogP contribution in [0.15, 0.2) is 24.3 Å². The van der Waals surface area contributed by atoms with E-state index in [1.165, 1.54) is 11.1 Å². The lowest BCUT2D eigenvalue weighted by Crippen LogP contribution is -2.40. The highest BCUT2D eigenvalue weighted by Crippen LogP contribution is 2.21. The lowest BCUT2D eigenvalue weighted by molar-refractivity contribution is -0.0210. The molecule has 2 aliphatic rings. The molecule has 22 heavy (non-hydrogen) atoms. The zero-order valence-electron chi connectivity index (χ0n) is 13.0. The molecule has 1 aromatic carbocycles. The number of benzene rings is 1. The third kappa shape index (κ3) is 3.78. The summed E-state index contributed by atoms with van der Waals surface area (Å²) in [4.78, 5) is 13.8. The summed E-state index contributed by atoms with van der Waals surface area (Å²) < 4.78 is 16.6. The molecule has 5 nitrogen and oxygen atoms in total. The Morgan fingerprint density at radius 3 is 2.77 bits per heavy atom. The molecule has 0 N–H and O–H groups in total. The van der Waals surface area contributed by atoms with Gasteiger partial charge in [0.1, 0.15) is 6.10 Å². The van der Waals surface area contributed by atoms with Crippen molar-refractivity contribution in [2.75, 3.05) is 26.8 Å². The highest BCUT2D eigenvalue weighted by Gasteiger charge is 2.25. The van der Waals surface area contributed by atoms with Crippen molar-refractivity contribution in [3.63, 3.8) is 0 Å². The Bertz CT molecular complexity index is 513. The summed E-state index contributed by atoms with van der Waals surface area (Å²) in [6.45, 7) is 2.51. The van der Waals surface area contributed by atoms with E-state index in [4.69, 9.17) is 14.2 Å². The van der Waals surface area contributed by atoms with Crippen molar-refractivity contribution in [2.24, 2.45) is 0 Å². The normalized spacial score (nSPS) is 22.0. The number of rotatable bonds is 3. The number of likely N-dealkylation sites (N-methyl/N-ethyl adjacent to an activating group) is 1. The van der Waals surface area contributed by atoms with Crippen LogP contribution in [-0.2, 0) is 27.2 Å². The number of carbonyl (C=O) groups is 1. The van der Waals surface area contributed by atoms with Crippen molar-refractivity contribution < 1.29 is 19.0 Å². The Labute approximate surface area is 131 Å². The molecular formula is C17H23NO4. The highest BCUT2D eigenvalue weighted by atomic mass is 16.6. The van der Waals surface area contributed by atoms with Crippen LogP contribution in [0.25, 0.3) is 0 Å². The molecule has 1 unspecified atom stereocenters. The standard InChI is InChI=1S/C17H23NO4/c1-18(17(19)22-15-6-8-20-9-7-15)11-16-10-13-4-2-3-5-14(13)12-21-16/h2-5,15-16H,6-12H2,1H3. The van der Waals surface area contributed by atoms with Crippen molar-refractivity contribution in [2.45, 2.75) is 38.1 Å². The van der Waals surface area contributed by atoms with Gasteiger partial charge in [0.25, 0.3) is 0 Å². The van der Waals surface area contributed by atoms with Crippen LogP contribution in [0.3, 0.4) is 0 Å². The first-order valence-electron chi connectivity index (χ1n) is 7.90. The number of nitrogens with zero attached hydrogens (tertiary/aromatic N) is 1. The second kappa shape index (κ2) is 7.11. The SMILES string of the molecule is CN(CC1Cc2ccccc2CO1)C(=O)OC1CCOCC1. The van der Waals surface area contributed by atoms with E-state index in [-0.39, 0.29) is 18.3 Å². The quantitative estimate of drug-likeness (QED) is 0.860. The van der Waals surface area contributed by atoms with Gasteiger partial charge in [-0.1, -0.05) is 24.3 Å². The van der Waals surface area contributed by atoms with E-state index >= 15 is 0 Å². The van der Waals surface area contributed by atoms with Crippen LogP contribution in [0.2, 0.25) is 0 Å². The Hall–Kier alpha value is -1.59. The van der Waals surface area contributed by atoms with Gasteiger partial charge < -0.3 is 19.1 Å². The summed E-state index contributed by atoms with van der Waals surface area (Å²) in [6, 6.07) is 8.30. The maximum Gasteiger partial charge on any atom is 0.409 e. The molecule has 0 saturated carbocycles. The monoisotopic (exact) mass is 305 g/mol. The smallest absolute Gasteiger partial charge is 0.409 e. The topological polar surface area (TPSA) is 48.0 Å². The molecule has 2 aliphatic heterocycles. The van der Waals surface area contributed by atoms with Gasteiger partial charge in [-0.3, -0.25) is 0 Å². The van der Waals surface area contributed by atoms with Crippen LogP contribution < -0.4 is 0 Å². The van der Waals surface area contributed by atoms with Gasteiger partial charge in [0.2, 0.25) is 0 Å². The lowest BCUT2D eigenvalue weighted by atomic mass is 9.99. The molecular weight excluding hydrogens is 282 g/mol. The van der Waals surface area contributed by atoms with Crippen molar-refractivity contribution in [3.8, 4) is 0 Å². The first kappa shape index (κ1) is 15.3.